The third-order valence-corrected chi connectivity index (χ3v) is 5.91. The summed E-state index contributed by atoms with van der Waals surface area (Å²) in [5.41, 5.74) is 6.61. The summed E-state index contributed by atoms with van der Waals surface area (Å²) >= 11 is 1.00. The second-order valence-electron chi connectivity index (χ2n) is 6.36. The van der Waals surface area contributed by atoms with Crippen molar-refractivity contribution in [1.82, 2.24) is 0 Å². The Hall–Kier alpha value is -2.54. The third kappa shape index (κ3) is 2.96. The highest BCUT2D eigenvalue weighted by Crippen LogP contribution is 2.50. The molecule has 0 bridgehead atoms. The Morgan fingerprint density at radius 3 is 2.52 bits per heavy atom. The zero-order valence-corrected chi connectivity index (χ0v) is 14.6. The molecule has 2 N–H and O–H groups in total. The van der Waals surface area contributed by atoms with Crippen molar-refractivity contribution in [2.24, 2.45) is 5.73 Å². The van der Waals surface area contributed by atoms with Crippen molar-refractivity contribution in [3.8, 4) is 0 Å². The number of thioether (sulfide) groups is 1. The summed E-state index contributed by atoms with van der Waals surface area (Å²) in [5, 5.41) is -0.726. The van der Waals surface area contributed by atoms with E-state index < -0.39 is 34.5 Å². The van der Waals surface area contributed by atoms with Crippen molar-refractivity contribution in [2.45, 2.75) is 17.3 Å². The topological polar surface area (TPSA) is 43.1 Å². The second kappa shape index (κ2) is 6.27. The molecule has 0 saturated heterocycles. The summed E-state index contributed by atoms with van der Waals surface area (Å²) in [5.74, 6) is -1.69. The van der Waals surface area contributed by atoms with E-state index in [1.165, 1.54) is 18.2 Å². The monoisotopic (exact) mass is 391 g/mol. The van der Waals surface area contributed by atoms with Crippen LogP contribution in [0, 0.1) is 0 Å². The van der Waals surface area contributed by atoms with Crippen molar-refractivity contribution < 1.29 is 22.4 Å². The number of ketones is 1. The molecule has 4 rings (SSSR count). The lowest BCUT2D eigenvalue weighted by Crippen LogP contribution is -2.22. The number of hydrogen-bond acceptors (Lipinski definition) is 3. The maximum atomic E-state index is 14.6. The number of benzene rings is 2. The van der Waals surface area contributed by atoms with E-state index in [4.69, 9.17) is 5.73 Å². The maximum absolute atomic E-state index is 14.6. The predicted octanol–water partition coefficient (Wildman–Crippen LogP) is 5.13. The van der Waals surface area contributed by atoms with Gasteiger partial charge in [0.05, 0.1) is 27.3 Å². The molecule has 2 atom stereocenters. The SMILES string of the molecule is NC1=C(c2cccc(C(F)(F)F)c2)C(=O)C(C2C(F)=Cc3ccccc32)S1. The molecular weight excluding hydrogens is 378 g/mol. The Morgan fingerprint density at radius 2 is 1.78 bits per heavy atom. The van der Waals surface area contributed by atoms with Crippen molar-refractivity contribution in [3.05, 3.63) is 81.6 Å². The van der Waals surface area contributed by atoms with Crippen LogP contribution in [0.5, 0.6) is 0 Å². The third-order valence-electron chi connectivity index (χ3n) is 4.71. The highest BCUT2D eigenvalue weighted by Gasteiger charge is 2.44. The van der Waals surface area contributed by atoms with Gasteiger partial charge in [0.1, 0.15) is 5.83 Å². The molecule has 0 fully saturated rings. The van der Waals surface area contributed by atoms with Gasteiger partial charge in [-0.15, -0.1) is 0 Å². The van der Waals surface area contributed by atoms with E-state index in [2.05, 4.69) is 0 Å². The number of allylic oxidation sites excluding steroid dienone is 2. The molecule has 27 heavy (non-hydrogen) atoms. The molecule has 2 aromatic carbocycles. The zero-order chi connectivity index (χ0) is 19.3. The summed E-state index contributed by atoms with van der Waals surface area (Å²) in [6.45, 7) is 0. The van der Waals surface area contributed by atoms with Gasteiger partial charge in [-0.3, -0.25) is 4.79 Å². The normalized spacial score (nSPS) is 22.2. The molecule has 2 aromatic rings. The van der Waals surface area contributed by atoms with E-state index in [0.29, 0.717) is 11.1 Å². The Kier molecular flexibility index (Phi) is 4.14. The Morgan fingerprint density at radius 1 is 1.04 bits per heavy atom. The number of hydrogen-bond donors (Lipinski definition) is 1. The predicted molar refractivity (Wildman–Crippen MR) is 97.2 cm³/mol. The first kappa shape index (κ1) is 17.9. The molecule has 2 nitrogen and oxygen atoms in total. The number of halogens is 4. The number of rotatable bonds is 2. The van der Waals surface area contributed by atoms with Crippen LogP contribution >= 0.6 is 11.8 Å². The van der Waals surface area contributed by atoms with Gasteiger partial charge in [-0.25, -0.2) is 4.39 Å². The van der Waals surface area contributed by atoms with Crippen LogP contribution in [-0.4, -0.2) is 11.0 Å². The van der Waals surface area contributed by atoms with Crippen LogP contribution in [0.3, 0.4) is 0 Å². The van der Waals surface area contributed by atoms with Gasteiger partial charge >= 0.3 is 6.18 Å². The van der Waals surface area contributed by atoms with E-state index in [1.54, 1.807) is 24.3 Å². The first-order valence-electron chi connectivity index (χ1n) is 8.11. The maximum Gasteiger partial charge on any atom is 0.416 e. The first-order chi connectivity index (χ1) is 12.8. The van der Waals surface area contributed by atoms with Crippen LogP contribution in [0.15, 0.2) is 59.4 Å². The molecule has 1 aliphatic heterocycles. The Labute approximate surface area is 156 Å². The number of alkyl halides is 3. The van der Waals surface area contributed by atoms with Gasteiger partial charge in [0.2, 0.25) is 0 Å². The van der Waals surface area contributed by atoms with E-state index in [1.807, 2.05) is 0 Å². The highest BCUT2D eigenvalue weighted by atomic mass is 32.2. The van der Waals surface area contributed by atoms with E-state index in [-0.39, 0.29) is 16.2 Å². The summed E-state index contributed by atoms with van der Waals surface area (Å²) in [4.78, 5) is 13.0. The van der Waals surface area contributed by atoms with Crippen LogP contribution in [0.2, 0.25) is 0 Å². The van der Waals surface area contributed by atoms with Crippen LogP contribution in [0.4, 0.5) is 17.6 Å². The van der Waals surface area contributed by atoms with Crippen molar-refractivity contribution in [3.63, 3.8) is 0 Å². The van der Waals surface area contributed by atoms with Gasteiger partial charge in [-0.1, -0.05) is 48.2 Å². The van der Waals surface area contributed by atoms with Crippen LogP contribution in [-0.2, 0) is 11.0 Å². The zero-order valence-electron chi connectivity index (χ0n) is 13.8. The average molecular weight is 391 g/mol. The van der Waals surface area contributed by atoms with E-state index in [0.717, 1.165) is 23.9 Å². The van der Waals surface area contributed by atoms with Crippen molar-refractivity contribution >= 4 is 29.2 Å². The number of Topliss-reactive ketones (excluding diaryl/α,β-unsaturated/α-hetero) is 1. The quantitative estimate of drug-likeness (QED) is 0.722. The molecule has 1 aliphatic carbocycles. The van der Waals surface area contributed by atoms with Crippen molar-refractivity contribution in [2.75, 3.05) is 0 Å². The summed E-state index contributed by atoms with van der Waals surface area (Å²) in [6, 6.07) is 11.5. The fraction of sp³-hybridized carbons (Fsp3) is 0.150. The van der Waals surface area contributed by atoms with Crippen LogP contribution < -0.4 is 5.73 Å². The van der Waals surface area contributed by atoms with E-state index >= 15 is 0 Å². The Balaban J connectivity index is 1.70. The molecular formula is C20H13F4NOS. The summed E-state index contributed by atoms with van der Waals surface area (Å²) < 4.78 is 53.6. The minimum absolute atomic E-state index is 0.0216. The number of fused-ring (bicyclic) bond motifs is 1. The first-order valence-corrected chi connectivity index (χ1v) is 8.99. The summed E-state index contributed by atoms with van der Waals surface area (Å²) in [6.07, 6.45) is -3.15. The van der Waals surface area contributed by atoms with Crippen LogP contribution in [0.1, 0.15) is 28.2 Å². The largest absolute Gasteiger partial charge is 0.416 e. The number of carbonyl (C=O) groups excluding carboxylic acids is 1. The highest BCUT2D eigenvalue weighted by molar-refractivity contribution is 8.05. The smallest absolute Gasteiger partial charge is 0.393 e. The van der Waals surface area contributed by atoms with Gasteiger partial charge in [0.15, 0.2) is 5.78 Å². The minimum Gasteiger partial charge on any atom is -0.393 e. The standard InChI is InChI=1S/C20H13F4NOS/c21-14-9-10-4-1-2-7-13(10)16(14)18-17(26)15(19(25)27-18)11-5-3-6-12(8-11)20(22,23)24/h1-9,16,18H,25H2. The van der Waals surface area contributed by atoms with Gasteiger partial charge in [0.25, 0.3) is 0 Å². The molecule has 7 heteroatoms. The van der Waals surface area contributed by atoms with Gasteiger partial charge in [0, 0.05) is 0 Å². The average Bonchev–Trinajstić information content (AvgIpc) is 3.09. The molecule has 1 heterocycles. The lowest BCUT2D eigenvalue weighted by molar-refractivity contribution is -0.137. The molecule has 0 aromatic heterocycles. The fourth-order valence-electron chi connectivity index (χ4n) is 3.49. The lowest BCUT2D eigenvalue weighted by Gasteiger charge is -2.18. The fourth-order valence-corrected chi connectivity index (χ4v) is 4.74. The van der Waals surface area contributed by atoms with Crippen molar-refractivity contribution in [1.29, 1.82) is 0 Å². The minimum atomic E-state index is -4.53. The molecule has 2 unspecified atom stereocenters. The second-order valence-corrected chi connectivity index (χ2v) is 7.54. The van der Waals surface area contributed by atoms with Gasteiger partial charge < -0.3 is 5.73 Å². The molecule has 0 amide bonds. The van der Waals surface area contributed by atoms with Gasteiger partial charge in [-0.05, 0) is 34.9 Å². The molecule has 138 valence electrons. The Bertz CT molecular complexity index is 1010. The molecule has 0 saturated carbocycles. The molecule has 0 spiro atoms. The molecule has 2 aliphatic rings. The number of nitrogens with two attached hydrogens (primary N) is 1. The van der Waals surface area contributed by atoms with Gasteiger partial charge in [-0.2, -0.15) is 13.2 Å². The lowest BCUT2D eigenvalue weighted by atomic mass is 9.90. The molecule has 0 radical (unpaired) electrons. The summed E-state index contributed by atoms with van der Waals surface area (Å²) in [7, 11) is 0. The number of carbonyl (C=O) groups is 1. The van der Waals surface area contributed by atoms with E-state index in [9.17, 15) is 22.4 Å². The van der Waals surface area contributed by atoms with Crippen LogP contribution in [0.25, 0.3) is 11.6 Å².